The maximum absolute atomic E-state index is 4.33. The van der Waals surface area contributed by atoms with Gasteiger partial charge in [0.2, 0.25) is 0 Å². The van der Waals surface area contributed by atoms with Gasteiger partial charge in [0.05, 0.1) is 0 Å². The van der Waals surface area contributed by atoms with Crippen LogP contribution >= 0.6 is 0 Å². The van der Waals surface area contributed by atoms with Crippen molar-refractivity contribution in [2.45, 2.75) is 39.2 Å². The number of hydrogen-bond donors (Lipinski definition) is 0. The summed E-state index contributed by atoms with van der Waals surface area (Å²) < 4.78 is 2.27. The van der Waals surface area contributed by atoms with Crippen LogP contribution in [0.15, 0.2) is 42.7 Å². The number of hydrogen-bond acceptors (Lipinski definition) is 1. The van der Waals surface area contributed by atoms with Crippen LogP contribution in [0.2, 0.25) is 0 Å². The molecule has 0 fully saturated rings. The van der Waals surface area contributed by atoms with E-state index in [2.05, 4.69) is 53.0 Å². The van der Waals surface area contributed by atoms with E-state index in [4.69, 9.17) is 0 Å². The van der Waals surface area contributed by atoms with Crippen molar-refractivity contribution in [2.75, 3.05) is 0 Å². The van der Waals surface area contributed by atoms with Crippen LogP contribution in [-0.2, 0) is 19.4 Å². The Morgan fingerprint density at radius 1 is 1.12 bits per heavy atom. The first kappa shape index (κ1) is 11.9. The smallest absolute Gasteiger partial charge is 0.108 e. The molecule has 0 aliphatic carbocycles. The molecule has 0 radical (unpaired) electrons. The molecule has 2 heteroatoms. The Balaban J connectivity index is 1.73. The molecule has 0 saturated carbocycles. The molecule has 1 aromatic carbocycles. The van der Waals surface area contributed by atoms with Crippen LogP contribution in [0, 0.1) is 0 Å². The molecule has 0 aliphatic heterocycles. The molecule has 0 saturated heterocycles. The van der Waals surface area contributed by atoms with Gasteiger partial charge in [0.1, 0.15) is 5.82 Å². The molecule has 0 aliphatic rings. The highest BCUT2D eigenvalue weighted by Crippen LogP contribution is 2.07. The SMILES string of the molecule is CCc1nccn1CCCCc1ccccc1. The third-order valence-corrected chi connectivity index (χ3v) is 3.08. The van der Waals surface area contributed by atoms with Gasteiger partial charge >= 0.3 is 0 Å². The van der Waals surface area contributed by atoms with Crippen molar-refractivity contribution < 1.29 is 0 Å². The minimum Gasteiger partial charge on any atom is -0.335 e. The Morgan fingerprint density at radius 3 is 2.71 bits per heavy atom. The predicted octanol–water partition coefficient (Wildman–Crippen LogP) is 3.47. The summed E-state index contributed by atoms with van der Waals surface area (Å²) in [5, 5.41) is 0. The lowest BCUT2D eigenvalue weighted by Crippen LogP contribution is -2.02. The second-order valence-electron chi connectivity index (χ2n) is 4.33. The molecule has 1 aromatic heterocycles. The van der Waals surface area contributed by atoms with Gasteiger partial charge in [-0.2, -0.15) is 0 Å². The van der Waals surface area contributed by atoms with Gasteiger partial charge in [0.15, 0.2) is 0 Å². The van der Waals surface area contributed by atoms with Gasteiger partial charge in [-0.1, -0.05) is 37.3 Å². The fourth-order valence-corrected chi connectivity index (χ4v) is 2.11. The van der Waals surface area contributed by atoms with Crippen molar-refractivity contribution >= 4 is 0 Å². The molecule has 2 rings (SSSR count). The Labute approximate surface area is 103 Å². The monoisotopic (exact) mass is 228 g/mol. The molecule has 0 amide bonds. The third-order valence-electron chi connectivity index (χ3n) is 3.08. The maximum Gasteiger partial charge on any atom is 0.108 e. The first-order chi connectivity index (χ1) is 8.40. The molecule has 1 heterocycles. The molecular formula is C15H20N2. The molecule has 0 N–H and O–H groups in total. The normalized spacial score (nSPS) is 10.6. The van der Waals surface area contributed by atoms with Crippen LogP contribution < -0.4 is 0 Å². The van der Waals surface area contributed by atoms with Gasteiger partial charge in [-0.25, -0.2) is 4.98 Å². The highest BCUT2D eigenvalue weighted by atomic mass is 15.1. The minimum absolute atomic E-state index is 1.02. The second kappa shape index (κ2) is 6.24. The largest absolute Gasteiger partial charge is 0.335 e. The molecule has 2 nitrogen and oxygen atoms in total. The number of rotatable bonds is 6. The summed E-state index contributed by atoms with van der Waals surface area (Å²) in [6, 6.07) is 10.7. The zero-order valence-corrected chi connectivity index (χ0v) is 10.5. The summed E-state index contributed by atoms with van der Waals surface area (Å²) in [6.45, 7) is 3.25. The van der Waals surface area contributed by atoms with E-state index in [1.54, 1.807) is 0 Å². The van der Waals surface area contributed by atoms with E-state index >= 15 is 0 Å². The van der Waals surface area contributed by atoms with Crippen molar-refractivity contribution in [1.82, 2.24) is 9.55 Å². The van der Waals surface area contributed by atoms with Crippen LogP contribution in [0.1, 0.15) is 31.2 Å². The van der Waals surface area contributed by atoms with E-state index in [1.165, 1.54) is 30.7 Å². The zero-order chi connectivity index (χ0) is 11.9. The van der Waals surface area contributed by atoms with E-state index in [1.807, 2.05) is 6.20 Å². The number of benzene rings is 1. The minimum atomic E-state index is 1.02. The van der Waals surface area contributed by atoms with Gasteiger partial charge in [-0.15, -0.1) is 0 Å². The molecule has 0 unspecified atom stereocenters. The third kappa shape index (κ3) is 3.45. The summed E-state index contributed by atoms with van der Waals surface area (Å²) >= 11 is 0. The van der Waals surface area contributed by atoms with Gasteiger partial charge in [-0.05, 0) is 24.8 Å². The quantitative estimate of drug-likeness (QED) is 0.692. The number of aryl methyl sites for hydroxylation is 3. The summed E-state index contributed by atoms with van der Waals surface area (Å²) in [4.78, 5) is 4.33. The number of unbranched alkanes of at least 4 members (excludes halogenated alkanes) is 1. The summed E-state index contributed by atoms with van der Waals surface area (Å²) in [5.41, 5.74) is 1.44. The molecule has 2 aromatic rings. The summed E-state index contributed by atoms with van der Waals surface area (Å²) in [6.07, 6.45) is 8.64. The van der Waals surface area contributed by atoms with E-state index in [9.17, 15) is 0 Å². The first-order valence-electron chi connectivity index (χ1n) is 6.44. The lowest BCUT2D eigenvalue weighted by molar-refractivity contribution is 0.588. The van der Waals surface area contributed by atoms with Gasteiger partial charge in [0.25, 0.3) is 0 Å². The molecule has 0 atom stereocenters. The Hall–Kier alpha value is -1.57. The average molecular weight is 228 g/mol. The van der Waals surface area contributed by atoms with Crippen LogP contribution in [0.25, 0.3) is 0 Å². The Kier molecular flexibility index (Phi) is 4.37. The zero-order valence-electron chi connectivity index (χ0n) is 10.5. The van der Waals surface area contributed by atoms with Gasteiger partial charge in [-0.3, -0.25) is 0 Å². The van der Waals surface area contributed by atoms with Crippen LogP contribution in [0.4, 0.5) is 0 Å². The molecule has 0 spiro atoms. The lowest BCUT2D eigenvalue weighted by atomic mass is 10.1. The van der Waals surface area contributed by atoms with E-state index in [-0.39, 0.29) is 0 Å². The molecule has 90 valence electrons. The Bertz CT molecular complexity index is 431. The van der Waals surface area contributed by atoms with Crippen molar-refractivity contribution in [3.63, 3.8) is 0 Å². The standard InChI is InChI=1S/C15H20N2/c1-2-15-16-11-13-17(15)12-7-6-10-14-8-4-3-5-9-14/h3-5,8-9,11,13H,2,6-7,10,12H2,1H3. The highest BCUT2D eigenvalue weighted by molar-refractivity contribution is 5.14. The highest BCUT2D eigenvalue weighted by Gasteiger charge is 1.99. The molecule has 17 heavy (non-hydrogen) atoms. The van der Waals surface area contributed by atoms with E-state index < -0.39 is 0 Å². The molecule has 0 bridgehead atoms. The number of imidazole rings is 1. The Morgan fingerprint density at radius 2 is 1.94 bits per heavy atom. The van der Waals surface area contributed by atoms with Crippen molar-refractivity contribution in [3.8, 4) is 0 Å². The molecular weight excluding hydrogens is 208 g/mol. The second-order valence-corrected chi connectivity index (χ2v) is 4.33. The number of nitrogens with zero attached hydrogens (tertiary/aromatic N) is 2. The van der Waals surface area contributed by atoms with Crippen molar-refractivity contribution in [2.24, 2.45) is 0 Å². The summed E-state index contributed by atoms with van der Waals surface area (Å²) in [5.74, 6) is 1.20. The lowest BCUT2D eigenvalue weighted by Gasteiger charge is -2.06. The van der Waals surface area contributed by atoms with E-state index in [0.717, 1.165) is 13.0 Å². The van der Waals surface area contributed by atoms with Crippen LogP contribution in [0.5, 0.6) is 0 Å². The topological polar surface area (TPSA) is 17.8 Å². The van der Waals surface area contributed by atoms with Crippen molar-refractivity contribution in [1.29, 1.82) is 0 Å². The van der Waals surface area contributed by atoms with Crippen LogP contribution in [0.3, 0.4) is 0 Å². The number of aromatic nitrogens is 2. The van der Waals surface area contributed by atoms with Gasteiger partial charge in [0, 0.05) is 25.4 Å². The van der Waals surface area contributed by atoms with Gasteiger partial charge < -0.3 is 4.57 Å². The predicted molar refractivity (Wildman–Crippen MR) is 71.0 cm³/mol. The first-order valence-corrected chi connectivity index (χ1v) is 6.44. The van der Waals surface area contributed by atoms with Crippen LogP contribution in [-0.4, -0.2) is 9.55 Å². The average Bonchev–Trinajstić information content (AvgIpc) is 2.83. The maximum atomic E-state index is 4.33. The van der Waals surface area contributed by atoms with E-state index in [0.29, 0.717) is 0 Å². The summed E-state index contributed by atoms with van der Waals surface area (Å²) in [7, 11) is 0. The fraction of sp³-hybridized carbons (Fsp3) is 0.400. The van der Waals surface area contributed by atoms with Crippen molar-refractivity contribution in [3.05, 3.63) is 54.1 Å². The fourth-order valence-electron chi connectivity index (χ4n) is 2.11.